The summed E-state index contributed by atoms with van der Waals surface area (Å²) in [4.78, 5) is 24.8. The van der Waals surface area contributed by atoms with Crippen molar-refractivity contribution in [3.63, 3.8) is 0 Å². The molecule has 0 radical (unpaired) electrons. The van der Waals surface area contributed by atoms with Gasteiger partial charge in [0.05, 0.1) is 4.92 Å². The van der Waals surface area contributed by atoms with Crippen LogP contribution < -0.4 is 20.3 Å². The van der Waals surface area contributed by atoms with Gasteiger partial charge in [0.25, 0.3) is 5.69 Å². The molecule has 1 heterocycles. The molecule has 3 rings (SSSR count). The fourth-order valence-electron chi connectivity index (χ4n) is 3.51. The number of sulfonamides is 1. The molecule has 3 N–H and O–H groups in total. The fraction of sp³-hybridized carbons (Fsp3) is 0.381. The van der Waals surface area contributed by atoms with Crippen LogP contribution in [-0.2, 0) is 14.8 Å². The van der Waals surface area contributed by atoms with E-state index in [2.05, 4.69) is 20.3 Å². The highest BCUT2D eigenvalue weighted by Gasteiger charge is 2.17. The number of piperidine rings is 1. The van der Waals surface area contributed by atoms with Gasteiger partial charge in [0.2, 0.25) is 15.9 Å². The predicted molar refractivity (Wildman–Crippen MR) is 125 cm³/mol. The van der Waals surface area contributed by atoms with Crippen LogP contribution in [0.2, 0.25) is 0 Å². The molecule has 1 fully saturated rings. The van der Waals surface area contributed by atoms with E-state index in [9.17, 15) is 23.3 Å². The second-order valence-corrected chi connectivity index (χ2v) is 9.23. The minimum absolute atomic E-state index is 0.0723. The largest absolute Gasteiger partial charge is 0.378 e. The summed E-state index contributed by atoms with van der Waals surface area (Å²) >= 11 is 0. The van der Waals surface area contributed by atoms with Gasteiger partial charge in [-0.2, -0.15) is 0 Å². The number of para-hydroxylation sites is 2. The number of rotatable bonds is 10. The Morgan fingerprint density at radius 1 is 1.00 bits per heavy atom. The van der Waals surface area contributed by atoms with E-state index < -0.39 is 26.6 Å². The molecule has 0 spiro atoms. The van der Waals surface area contributed by atoms with Crippen molar-refractivity contribution in [1.82, 2.24) is 5.32 Å². The van der Waals surface area contributed by atoms with Crippen molar-refractivity contribution in [1.29, 1.82) is 0 Å². The predicted octanol–water partition coefficient (Wildman–Crippen LogP) is 2.56. The highest BCUT2D eigenvalue weighted by molar-refractivity contribution is 7.93. The van der Waals surface area contributed by atoms with E-state index in [1.807, 2.05) is 12.1 Å². The van der Waals surface area contributed by atoms with Gasteiger partial charge in [0, 0.05) is 43.6 Å². The molecule has 0 unspecified atom stereocenters. The lowest BCUT2D eigenvalue weighted by Gasteiger charge is -2.28. The number of benzene rings is 2. The molecule has 2 aromatic rings. The molecular formula is C21H27N5O5S. The first-order valence-electron chi connectivity index (χ1n) is 10.4. The van der Waals surface area contributed by atoms with Gasteiger partial charge in [-0.05, 0) is 49.6 Å². The Labute approximate surface area is 187 Å². The SMILES string of the molecule is O=C(CS(=O)(=O)Nc1ccc(N2CCCCC2)cc1)NCCNc1ccccc1[N+](=O)[O-]. The normalized spacial score (nSPS) is 13.9. The summed E-state index contributed by atoms with van der Waals surface area (Å²) in [5.74, 6) is -1.38. The van der Waals surface area contributed by atoms with E-state index in [1.54, 1.807) is 30.3 Å². The molecule has 0 aliphatic carbocycles. The molecule has 11 heteroatoms. The molecule has 10 nitrogen and oxygen atoms in total. The Balaban J connectivity index is 1.43. The second-order valence-electron chi connectivity index (χ2n) is 7.51. The number of nitrogens with one attached hydrogen (secondary N) is 3. The first-order chi connectivity index (χ1) is 15.3. The zero-order valence-electron chi connectivity index (χ0n) is 17.6. The number of hydrogen-bond acceptors (Lipinski definition) is 7. The Hall–Kier alpha value is -3.34. The van der Waals surface area contributed by atoms with Crippen molar-refractivity contribution in [2.45, 2.75) is 19.3 Å². The van der Waals surface area contributed by atoms with Crippen molar-refractivity contribution < 1.29 is 18.1 Å². The van der Waals surface area contributed by atoms with Gasteiger partial charge in [-0.25, -0.2) is 8.42 Å². The average Bonchev–Trinajstić information content (AvgIpc) is 2.77. The maximum absolute atomic E-state index is 12.3. The van der Waals surface area contributed by atoms with Crippen LogP contribution >= 0.6 is 0 Å². The minimum Gasteiger partial charge on any atom is -0.378 e. The zero-order chi connectivity index (χ0) is 23.0. The van der Waals surface area contributed by atoms with Gasteiger partial charge in [-0.1, -0.05) is 12.1 Å². The molecule has 2 aromatic carbocycles. The van der Waals surface area contributed by atoms with E-state index in [0.717, 1.165) is 31.6 Å². The Bertz CT molecular complexity index is 1040. The van der Waals surface area contributed by atoms with Crippen LogP contribution in [0.1, 0.15) is 19.3 Å². The van der Waals surface area contributed by atoms with Crippen molar-refractivity contribution in [2.75, 3.05) is 46.9 Å². The van der Waals surface area contributed by atoms with E-state index in [1.165, 1.54) is 12.5 Å². The molecule has 1 aliphatic rings. The van der Waals surface area contributed by atoms with E-state index in [4.69, 9.17) is 0 Å². The molecular weight excluding hydrogens is 434 g/mol. The highest BCUT2D eigenvalue weighted by Crippen LogP contribution is 2.23. The van der Waals surface area contributed by atoms with E-state index >= 15 is 0 Å². The third-order valence-corrected chi connectivity index (χ3v) is 6.24. The summed E-state index contributed by atoms with van der Waals surface area (Å²) in [6, 6.07) is 13.3. The van der Waals surface area contributed by atoms with Gasteiger partial charge in [-0.15, -0.1) is 0 Å². The number of carbonyl (C=O) groups excluding carboxylic acids is 1. The summed E-state index contributed by atoms with van der Waals surface area (Å²) in [5, 5.41) is 16.3. The minimum atomic E-state index is -3.86. The van der Waals surface area contributed by atoms with E-state index in [0.29, 0.717) is 11.4 Å². The molecule has 0 saturated carbocycles. The number of nitro benzene ring substituents is 1. The number of nitrogens with zero attached hydrogens (tertiary/aromatic N) is 2. The van der Waals surface area contributed by atoms with Crippen LogP contribution in [0.25, 0.3) is 0 Å². The maximum atomic E-state index is 12.3. The molecule has 0 aromatic heterocycles. The third-order valence-electron chi connectivity index (χ3n) is 5.05. The third kappa shape index (κ3) is 6.84. The van der Waals surface area contributed by atoms with Gasteiger partial charge in [0.1, 0.15) is 11.4 Å². The van der Waals surface area contributed by atoms with Gasteiger partial charge < -0.3 is 15.5 Å². The van der Waals surface area contributed by atoms with Crippen molar-refractivity contribution in [3.8, 4) is 0 Å². The first kappa shape index (κ1) is 23.3. The smallest absolute Gasteiger partial charge is 0.292 e. The Kier molecular flexibility index (Phi) is 7.87. The van der Waals surface area contributed by atoms with Crippen molar-refractivity contribution >= 4 is 38.7 Å². The molecule has 1 amide bonds. The molecule has 0 bridgehead atoms. The van der Waals surface area contributed by atoms with Gasteiger partial charge in [0.15, 0.2) is 0 Å². The maximum Gasteiger partial charge on any atom is 0.292 e. The summed E-state index contributed by atoms with van der Waals surface area (Å²) in [6.45, 7) is 2.32. The molecule has 172 valence electrons. The zero-order valence-corrected chi connectivity index (χ0v) is 18.4. The van der Waals surface area contributed by atoms with Crippen LogP contribution in [0.4, 0.5) is 22.7 Å². The van der Waals surface area contributed by atoms with Crippen LogP contribution in [0.3, 0.4) is 0 Å². The lowest BCUT2D eigenvalue weighted by atomic mass is 10.1. The number of amides is 1. The number of hydrogen-bond donors (Lipinski definition) is 3. The van der Waals surface area contributed by atoms with Gasteiger partial charge in [-0.3, -0.25) is 19.6 Å². The summed E-state index contributed by atoms with van der Waals surface area (Å²) < 4.78 is 27.0. The van der Waals surface area contributed by atoms with Crippen LogP contribution in [0, 0.1) is 10.1 Å². The second kappa shape index (κ2) is 10.8. The molecule has 1 aliphatic heterocycles. The molecule has 0 atom stereocenters. The molecule has 32 heavy (non-hydrogen) atoms. The van der Waals surface area contributed by atoms with Crippen molar-refractivity contribution in [2.24, 2.45) is 0 Å². The van der Waals surface area contributed by atoms with Crippen molar-refractivity contribution in [3.05, 3.63) is 58.6 Å². The quantitative estimate of drug-likeness (QED) is 0.281. The Morgan fingerprint density at radius 2 is 1.69 bits per heavy atom. The number of carbonyl (C=O) groups is 1. The monoisotopic (exact) mass is 461 g/mol. The van der Waals surface area contributed by atoms with E-state index in [-0.39, 0.29) is 18.8 Å². The Morgan fingerprint density at radius 3 is 2.38 bits per heavy atom. The fourth-order valence-corrected chi connectivity index (χ4v) is 4.53. The lowest BCUT2D eigenvalue weighted by molar-refractivity contribution is -0.384. The number of anilines is 3. The summed E-state index contributed by atoms with van der Waals surface area (Å²) in [7, 11) is -3.86. The lowest BCUT2D eigenvalue weighted by Crippen LogP contribution is -2.35. The van der Waals surface area contributed by atoms with Crippen LogP contribution in [0.5, 0.6) is 0 Å². The van der Waals surface area contributed by atoms with Gasteiger partial charge >= 0.3 is 0 Å². The standard InChI is InChI=1S/C21H27N5O5S/c27-21(23-13-12-22-19-6-2-3-7-20(19)26(28)29)16-32(30,31)24-17-8-10-18(11-9-17)25-14-4-1-5-15-25/h2-3,6-11,22,24H,1,4-5,12-16H2,(H,23,27). The number of nitro groups is 1. The summed E-state index contributed by atoms with van der Waals surface area (Å²) in [6.07, 6.45) is 3.54. The topological polar surface area (TPSA) is 134 Å². The first-order valence-corrected chi connectivity index (χ1v) is 12.1. The highest BCUT2D eigenvalue weighted by atomic mass is 32.2. The molecule has 1 saturated heterocycles. The van der Waals surface area contributed by atoms with Crippen LogP contribution in [0.15, 0.2) is 48.5 Å². The summed E-state index contributed by atoms with van der Waals surface area (Å²) in [5.41, 5.74) is 1.71. The average molecular weight is 462 g/mol. The van der Waals surface area contributed by atoms with Crippen LogP contribution in [-0.4, -0.2) is 51.2 Å².